The maximum Gasteiger partial charge on any atom is 3.00 e. The van der Waals surface area contributed by atoms with Gasteiger partial charge in [-0.3, -0.25) is 10.1 Å². The van der Waals surface area contributed by atoms with Crippen molar-refractivity contribution in [2.75, 3.05) is 0 Å². The number of hydrogen-bond acceptors (Lipinski definition) is 11. The van der Waals surface area contributed by atoms with Gasteiger partial charge in [0.1, 0.15) is 15.8 Å². The van der Waals surface area contributed by atoms with Crippen molar-refractivity contribution < 1.29 is 80.5 Å². The van der Waals surface area contributed by atoms with Gasteiger partial charge in [-0.25, -0.2) is 13.1 Å². The molecule has 2 aromatic carbocycles. The topological polar surface area (TPSA) is 219 Å². The third-order valence-electron chi connectivity index (χ3n) is 3.75. The summed E-state index contributed by atoms with van der Waals surface area (Å²) in [6, 6.07) is 9.36. The Balaban J connectivity index is 0.00000320. The molecule has 0 atom stereocenters. The maximum atomic E-state index is 12.5. The minimum absolute atomic E-state index is 0. The number of para-hydroxylation sites is 1. The Bertz CT molecular complexity index is 1250. The van der Waals surface area contributed by atoms with E-state index < -0.39 is 42.9 Å². The van der Waals surface area contributed by atoms with Crippen LogP contribution in [-0.2, 0) is 27.5 Å². The standard InChI is InChI=1S/C16H13N5O7S.Cr.Na.H2O/c1-9-14(16(23)20(19-9)10-5-3-2-4-6-10)18-17-12-7-11(21(24)25)8-13(15(12)22)29(26,27)28;;;/h2-8,22-23H,1H3,(H,26,27,28);;;1H2/q;+3;+1;/p-4. The third kappa shape index (κ3) is 6.12. The molecule has 0 unspecified atom stereocenters. The van der Waals surface area contributed by atoms with Gasteiger partial charge in [0.25, 0.3) is 5.69 Å². The van der Waals surface area contributed by atoms with E-state index >= 15 is 0 Å². The third-order valence-corrected chi connectivity index (χ3v) is 4.59. The second-order valence-electron chi connectivity index (χ2n) is 5.69. The zero-order valence-corrected chi connectivity index (χ0v) is 20.5. The van der Waals surface area contributed by atoms with Crippen LogP contribution >= 0.6 is 0 Å². The number of aryl methyl sites for hydroxylation is 1. The smallest absolute Gasteiger partial charge is 0.870 e. The molecular formula is C16H11CrN5NaO8S. The largest absolute Gasteiger partial charge is 3.00 e. The van der Waals surface area contributed by atoms with E-state index in [1.807, 2.05) is 0 Å². The molecule has 3 rings (SSSR count). The van der Waals surface area contributed by atoms with Crippen molar-refractivity contribution in [2.45, 2.75) is 11.8 Å². The van der Waals surface area contributed by atoms with Gasteiger partial charge in [-0.2, -0.15) is 10.2 Å². The SMILES string of the molecule is Cc1nn(-c2ccccc2)c([O-])c1N=Nc1cc([N+](=O)[O-])cc(S(=O)(=O)[O-])c1[O-].[Cr+3].[Na+].[OH-]. The summed E-state index contributed by atoms with van der Waals surface area (Å²) in [7, 11) is -5.29. The van der Waals surface area contributed by atoms with Gasteiger partial charge in [-0.1, -0.05) is 23.9 Å². The summed E-state index contributed by atoms with van der Waals surface area (Å²) in [6.07, 6.45) is 0. The molecule has 1 heterocycles. The Hall–Kier alpha value is -2.35. The van der Waals surface area contributed by atoms with Crippen LogP contribution in [0.2, 0.25) is 0 Å². The fourth-order valence-corrected chi connectivity index (χ4v) is 3.00. The molecule has 161 valence electrons. The molecule has 13 nitrogen and oxygen atoms in total. The second kappa shape index (κ2) is 11.5. The van der Waals surface area contributed by atoms with Crippen molar-refractivity contribution in [1.29, 1.82) is 0 Å². The van der Waals surface area contributed by atoms with Crippen molar-refractivity contribution >= 4 is 27.2 Å². The Morgan fingerprint density at radius 3 is 2.22 bits per heavy atom. The summed E-state index contributed by atoms with van der Waals surface area (Å²) >= 11 is 0. The molecule has 0 aliphatic heterocycles. The number of rotatable bonds is 5. The molecule has 0 amide bonds. The summed E-state index contributed by atoms with van der Waals surface area (Å²) in [5, 5.41) is 46.7. The van der Waals surface area contributed by atoms with Crippen molar-refractivity contribution in [2.24, 2.45) is 10.2 Å². The van der Waals surface area contributed by atoms with Gasteiger partial charge >= 0.3 is 46.9 Å². The van der Waals surface area contributed by atoms with Crippen molar-refractivity contribution in [3.8, 4) is 17.3 Å². The van der Waals surface area contributed by atoms with Gasteiger partial charge in [0.05, 0.1) is 26.9 Å². The van der Waals surface area contributed by atoms with Crippen LogP contribution in [0.25, 0.3) is 5.69 Å². The van der Waals surface area contributed by atoms with Crippen LogP contribution in [0.5, 0.6) is 11.6 Å². The number of hydrogen-bond donors (Lipinski definition) is 0. The number of non-ortho nitro benzene ring substituents is 1. The average Bonchev–Trinajstić information content (AvgIpc) is 2.94. The molecule has 0 fully saturated rings. The molecule has 1 radical (unpaired) electrons. The van der Waals surface area contributed by atoms with Gasteiger partial charge in [0.15, 0.2) is 0 Å². The number of nitrogens with zero attached hydrogens (tertiary/aromatic N) is 5. The first kappa shape index (κ1) is 29.7. The van der Waals surface area contributed by atoms with E-state index in [0.717, 1.165) is 4.68 Å². The summed E-state index contributed by atoms with van der Waals surface area (Å²) in [6.45, 7) is 1.45. The quantitative estimate of drug-likeness (QED) is 0.127. The Labute approximate surface area is 214 Å². The van der Waals surface area contributed by atoms with E-state index in [1.165, 1.54) is 6.92 Å². The first-order valence-corrected chi connectivity index (χ1v) is 9.19. The number of benzene rings is 2. The van der Waals surface area contributed by atoms with Gasteiger partial charge in [-0.15, -0.1) is 5.11 Å². The number of aromatic nitrogens is 2. The van der Waals surface area contributed by atoms with Crippen LogP contribution in [0.3, 0.4) is 0 Å². The molecule has 0 saturated carbocycles. The fourth-order valence-electron chi connectivity index (χ4n) is 2.40. The monoisotopic (exact) mass is 508 g/mol. The maximum absolute atomic E-state index is 12.5. The molecule has 1 N–H and O–H groups in total. The van der Waals surface area contributed by atoms with Gasteiger partial charge < -0.3 is 20.2 Å². The minimum atomic E-state index is -5.29. The number of nitro groups is 1. The van der Waals surface area contributed by atoms with Crippen LogP contribution in [0, 0.1) is 17.0 Å². The van der Waals surface area contributed by atoms with E-state index in [-0.39, 0.29) is 63.8 Å². The summed E-state index contributed by atoms with van der Waals surface area (Å²) in [5.74, 6) is -2.04. The normalized spacial score (nSPS) is 10.7. The molecule has 0 saturated heterocycles. The molecule has 3 aromatic rings. The van der Waals surface area contributed by atoms with E-state index in [0.29, 0.717) is 17.8 Å². The van der Waals surface area contributed by atoms with Crippen molar-refractivity contribution in [3.05, 3.63) is 58.3 Å². The van der Waals surface area contributed by atoms with E-state index in [4.69, 9.17) is 0 Å². The summed E-state index contributed by atoms with van der Waals surface area (Å²) in [4.78, 5) is 8.63. The Morgan fingerprint density at radius 1 is 1.09 bits per heavy atom. The average molecular weight is 508 g/mol. The zero-order valence-electron chi connectivity index (χ0n) is 16.4. The second-order valence-corrected chi connectivity index (χ2v) is 7.04. The van der Waals surface area contributed by atoms with Gasteiger partial charge in [-0.05, 0) is 19.1 Å². The molecule has 32 heavy (non-hydrogen) atoms. The predicted octanol–water partition coefficient (Wildman–Crippen LogP) is -1.62. The van der Waals surface area contributed by atoms with Crippen molar-refractivity contribution in [3.63, 3.8) is 0 Å². The predicted molar refractivity (Wildman–Crippen MR) is 94.4 cm³/mol. The van der Waals surface area contributed by atoms with Crippen LogP contribution in [0.4, 0.5) is 17.1 Å². The van der Waals surface area contributed by atoms with Gasteiger partial charge in [0, 0.05) is 18.0 Å². The molecule has 0 bridgehead atoms. The summed E-state index contributed by atoms with van der Waals surface area (Å²) < 4.78 is 34.7. The first-order valence-electron chi connectivity index (χ1n) is 7.78. The Kier molecular flexibility index (Phi) is 10.7. The van der Waals surface area contributed by atoms with Crippen molar-refractivity contribution in [1.82, 2.24) is 9.78 Å². The number of nitro benzene ring substituents is 1. The fraction of sp³-hybridized carbons (Fsp3) is 0.0625. The molecule has 1 aromatic heterocycles. The minimum Gasteiger partial charge on any atom is -0.870 e. The Morgan fingerprint density at radius 2 is 1.69 bits per heavy atom. The van der Waals surface area contributed by atoms with E-state index in [9.17, 15) is 33.3 Å². The van der Waals surface area contributed by atoms with Crippen LogP contribution in [0.1, 0.15) is 5.69 Å². The molecule has 16 heteroatoms. The van der Waals surface area contributed by atoms with E-state index in [1.54, 1.807) is 30.3 Å². The summed E-state index contributed by atoms with van der Waals surface area (Å²) in [5.41, 5.74) is -1.28. The first-order chi connectivity index (χ1) is 13.6. The van der Waals surface area contributed by atoms with Crippen LogP contribution in [0.15, 0.2) is 57.6 Å². The van der Waals surface area contributed by atoms with Crippen LogP contribution in [-0.4, -0.2) is 33.2 Å². The molecule has 0 spiro atoms. The zero-order chi connectivity index (χ0) is 21.3. The molecule has 0 aliphatic rings. The van der Waals surface area contributed by atoms with E-state index in [2.05, 4.69) is 15.3 Å². The number of azo groups is 1. The van der Waals surface area contributed by atoms with Crippen LogP contribution < -0.4 is 39.8 Å². The van der Waals surface area contributed by atoms with Gasteiger partial charge in [0.2, 0.25) is 0 Å². The molecular weight excluding hydrogens is 497 g/mol. The molecule has 0 aliphatic carbocycles.